The topological polar surface area (TPSA) is 0 Å². The minimum atomic E-state index is 1.23. The smallest absolute Gasteiger partial charge is 0.0362 e. The highest BCUT2D eigenvalue weighted by Crippen LogP contribution is 2.46. The fraction of sp³-hybridized carbons (Fsp3) is 0. The molecule has 1 aromatic heterocycles. The lowest BCUT2D eigenvalue weighted by Gasteiger charge is -2.18. The minimum absolute atomic E-state index is 1.23. The van der Waals surface area contributed by atoms with E-state index in [1.54, 1.807) is 0 Å². The van der Waals surface area contributed by atoms with E-state index >= 15 is 0 Å². The van der Waals surface area contributed by atoms with Gasteiger partial charge in [0.2, 0.25) is 0 Å². The van der Waals surface area contributed by atoms with Crippen LogP contribution in [0.2, 0.25) is 0 Å². The monoisotopic (exact) mass is 638 g/mol. The Morgan fingerprint density at radius 2 is 0.816 bits per heavy atom. The number of rotatable bonds is 4. The summed E-state index contributed by atoms with van der Waals surface area (Å²) in [5, 5.41) is 10.3. The largest absolute Gasteiger partial charge is 0.135 e. The lowest BCUT2D eigenvalue weighted by Crippen LogP contribution is -1.91. The molecule has 0 atom stereocenters. The van der Waals surface area contributed by atoms with Crippen molar-refractivity contribution in [2.24, 2.45) is 0 Å². The summed E-state index contributed by atoms with van der Waals surface area (Å²) in [4.78, 5) is 0. The van der Waals surface area contributed by atoms with Crippen molar-refractivity contribution in [2.75, 3.05) is 0 Å². The molecule has 0 unspecified atom stereocenters. The average molecular weight is 639 g/mol. The zero-order valence-corrected chi connectivity index (χ0v) is 27.5. The van der Waals surface area contributed by atoms with E-state index in [0.29, 0.717) is 0 Å². The molecule has 228 valence electrons. The van der Waals surface area contributed by atoms with Gasteiger partial charge in [0, 0.05) is 20.2 Å². The van der Waals surface area contributed by atoms with Crippen molar-refractivity contribution in [3.63, 3.8) is 0 Å². The highest BCUT2D eigenvalue weighted by molar-refractivity contribution is 7.26. The van der Waals surface area contributed by atoms with Crippen LogP contribution in [0.4, 0.5) is 0 Å². The summed E-state index contributed by atoms with van der Waals surface area (Å²) in [7, 11) is 0. The Bertz CT molecular complexity index is 2800. The van der Waals surface area contributed by atoms with Gasteiger partial charge < -0.3 is 0 Å². The Labute approximate surface area is 289 Å². The summed E-state index contributed by atoms with van der Waals surface area (Å²) < 4.78 is 2.67. The molecule has 1 heteroatoms. The molecule has 0 amide bonds. The molecule has 0 radical (unpaired) electrons. The van der Waals surface area contributed by atoms with Gasteiger partial charge in [0.1, 0.15) is 0 Å². The van der Waals surface area contributed by atoms with Crippen LogP contribution in [-0.4, -0.2) is 0 Å². The predicted molar refractivity (Wildman–Crippen MR) is 214 cm³/mol. The van der Waals surface area contributed by atoms with Gasteiger partial charge in [-0.25, -0.2) is 0 Å². The van der Waals surface area contributed by atoms with Crippen LogP contribution in [0, 0.1) is 0 Å². The molecule has 0 aliphatic heterocycles. The molecule has 1 heterocycles. The molecule has 0 nitrogen and oxygen atoms in total. The van der Waals surface area contributed by atoms with Crippen LogP contribution in [0.1, 0.15) is 0 Å². The van der Waals surface area contributed by atoms with Gasteiger partial charge in [0.15, 0.2) is 0 Å². The Kier molecular flexibility index (Phi) is 6.47. The lowest BCUT2D eigenvalue weighted by atomic mass is 9.85. The van der Waals surface area contributed by atoms with E-state index in [-0.39, 0.29) is 0 Å². The average Bonchev–Trinajstić information content (AvgIpc) is 3.54. The fourth-order valence-corrected chi connectivity index (χ4v) is 8.97. The summed E-state index contributed by atoms with van der Waals surface area (Å²) in [6.07, 6.45) is 0. The first-order valence-corrected chi connectivity index (χ1v) is 17.7. The maximum atomic E-state index is 2.37. The summed E-state index contributed by atoms with van der Waals surface area (Å²) >= 11 is 1.89. The van der Waals surface area contributed by atoms with Crippen molar-refractivity contribution in [1.29, 1.82) is 0 Å². The van der Waals surface area contributed by atoms with Crippen LogP contribution in [0.3, 0.4) is 0 Å². The SMILES string of the molecule is c1ccc(-c2cccc(-c3c4ccccc4c(-c4ccc(-c5cccc6sc7cc8ccccc8cc7c56)cc4)c4ccccc34)c2)cc1. The van der Waals surface area contributed by atoms with Crippen molar-refractivity contribution >= 4 is 63.8 Å². The third-order valence-electron chi connectivity index (χ3n) is 10.0. The highest BCUT2D eigenvalue weighted by atomic mass is 32.1. The summed E-state index contributed by atoms with van der Waals surface area (Å²) in [5.41, 5.74) is 10.0. The maximum absolute atomic E-state index is 2.37. The van der Waals surface area contributed by atoms with E-state index in [9.17, 15) is 0 Å². The molecule has 0 aliphatic carbocycles. The van der Waals surface area contributed by atoms with E-state index in [4.69, 9.17) is 0 Å². The number of hydrogen-bond donors (Lipinski definition) is 0. The zero-order chi connectivity index (χ0) is 32.3. The van der Waals surface area contributed by atoms with Crippen LogP contribution >= 0.6 is 11.3 Å². The van der Waals surface area contributed by atoms with Crippen LogP contribution < -0.4 is 0 Å². The second-order valence-corrected chi connectivity index (χ2v) is 13.9. The standard InChI is InChI=1S/C48H30S/c1-2-12-31(13-3-1)34-16-10-17-37(28-34)47-41-20-8-6-18-39(41)46(40-19-7-9-21-42(40)47)33-26-24-32(25-27-33)38-22-11-23-44-48(38)43-29-35-14-4-5-15-36(35)30-45(43)49-44/h1-30H. The van der Waals surface area contributed by atoms with Gasteiger partial charge >= 0.3 is 0 Å². The fourth-order valence-electron chi connectivity index (χ4n) is 7.80. The molecule has 0 N–H and O–H groups in total. The van der Waals surface area contributed by atoms with Gasteiger partial charge in [-0.3, -0.25) is 0 Å². The Balaban J connectivity index is 1.15. The molecule has 0 bridgehead atoms. The summed E-state index contributed by atoms with van der Waals surface area (Å²) in [6, 6.07) is 66.9. The van der Waals surface area contributed by atoms with Crippen molar-refractivity contribution in [1.82, 2.24) is 0 Å². The summed E-state index contributed by atoms with van der Waals surface area (Å²) in [6.45, 7) is 0. The molecule has 0 spiro atoms. The van der Waals surface area contributed by atoms with Gasteiger partial charge in [-0.05, 0) is 101 Å². The number of benzene rings is 9. The minimum Gasteiger partial charge on any atom is -0.135 e. The zero-order valence-electron chi connectivity index (χ0n) is 26.7. The van der Waals surface area contributed by atoms with Crippen LogP contribution in [0.5, 0.6) is 0 Å². The molecule has 0 fully saturated rings. The van der Waals surface area contributed by atoms with Crippen LogP contribution in [0.25, 0.3) is 97.0 Å². The van der Waals surface area contributed by atoms with Gasteiger partial charge in [-0.15, -0.1) is 11.3 Å². The van der Waals surface area contributed by atoms with E-state index in [1.165, 1.54) is 97.0 Å². The molecule has 9 aromatic carbocycles. The molecule has 10 rings (SSSR count). The van der Waals surface area contributed by atoms with Gasteiger partial charge in [-0.2, -0.15) is 0 Å². The third-order valence-corrected chi connectivity index (χ3v) is 11.2. The van der Waals surface area contributed by atoms with E-state index in [0.717, 1.165) is 0 Å². The number of hydrogen-bond acceptors (Lipinski definition) is 1. The van der Waals surface area contributed by atoms with E-state index < -0.39 is 0 Å². The second-order valence-electron chi connectivity index (χ2n) is 12.8. The van der Waals surface area contributed by atoms with Crippen LogP contribution in [-0.2, 0) is 0 Å². The quantitative estimate of drug-likeness (QED) is 0.168. The normalized spacial score (nSPS) is 11.7. The van der Waals surface area contributed by atoms with Gasteiger partial charge in [-0.1, -0.05) is 158 Å². The Hall–Kier alpha value is -6.02. The second kappa shape index (κ2) is 11.3. The highest BCUT2D eigenvalue weighted by Gasteiger charge is 2.18. The van der Waals surface area contributed by atoms with Gasteiger partial charge in [0.05, 0.1) is 0 Å². The first-order valence-electron chi connectivity index (χ1n) is 16.8. The molecule has 0 saturated carbocycles. The van der Waals surface area contributed by atoms with Crippen LogP contribution in [0.15, 0.2) is 182 Å². The molecule has 10 aromatic rings. The molecular formula is C48H30S. The Morgan fingerprint density at radius 3 is 1.51 bits per heavy atom. The molecule has 0 aliphatic rings. The van der Waals surface area contributed by atoms with Crippen molar-refractivity contribution < 1.29 is 0 Å². The lowest BCUT2D eigenvalue weighted by molar-refractivity contribution is 1.61. The number of fused-ring (bicyclic) bond motifs is 6. The molecular weight excluding hydrogens is 609 g/mol. The first kappa shape index (κ1) is 28.0. The van der Waals surface area contributed by atoms with Crippen molar-refractivity contribution in [2.45, 2.75) is 0 Å². The van der Waals surface area contributed by atoms with Crippen molar-refractivity contribution in [3.8, 4) is 44.5 Å². The number of thiophene rings is 1. The van der Waals surface area contributed by atoms with E-state index in [1.807, 2.05) is 11.3 Å². The van der Waals surface area contributed by atoms with E-state index in [2.05, 4.69) is 182 Å². The maximum Gasteiger partial charge on any atom is 0.0362 e. The van der Waals surface area contributed by atoms with Gasteiger partial charge in [0.25, 0.3) is 0 Å². The molecule has 49 heavy (non-hydrogen) atoms. The first-order chi connectivity index (χ1) is 24.3. The third kappa shape index (κ3) is 4.58. The van der Waals surface area contributed by atoms with Crippen molar-refractivity contribution in [3.05, 3.63) is 182 Å². The predicted octanol–water partition coefficient (Wildman–Crippen LogP) is 14.2. The molecule has 0 saturated heterocycles. The Morgan fingerprint density at radius 1 is 0.286 bits per heavy atom. The summed E-state index contributed by atoms with van der Waals surface area (Å²) in [5.74, 6) is 0.